The molecule has 0 aromatic rings. The van der Waals surface area contributed by atoms with E-state index in [0.29, 0.717) is 0 Å². The van der Waals surface area contributed by atoms with Crippen LogP contribution in [-0.2, 0) is 4.74 Å². The third-order valence-corrected chi connectivity index (χ3v) is 0.624. The smallest absolute Gasteiger partial charge is 0.177 e. The Morgan fingerprint density at radius 2 is 1.45 bits per heavy atom. The van der Waals surface area contributed by atoms with Gasteiger partial charge in [-0.25, -0.2) is 0 Å². The van der Waals surface area contributed by atoms with Crippen LogP contribution in [0.1, 0.15) is 6.92 Å². The molecule has 0 spiro atoms. The highest BCUT2D eigenvalue weighted by Gasteiger charge is 2.01. The molecule has 1 unspecified atom stereocenters. The van der Waals surface area contributed by atoms with Crippen LogP contribution in [0.4, 0.5) is 0 Å². The van der Waals surface area contributed by atoms with Gasteiger partial charge in [0.1, 0.15) is 6.10 Å². The highest BCUT2D eigenvalue weighted by Crippen LogP contribution is 1.81. The zero-order chi connectivity index (χ0) is 9.28. The van der Waals surface area contributed by atoms with Crippen molar-refractivity contribution in [3.63, 3.8) is 0 Å². The van der Waals surface area contributed by atoms with Crippen molar-refractivity contribution in [2.75, 3.05) is 0 Å². The summed E-state index contributed by atoms with van der Waals surface area (Å²) in [6.45, 7) is 7.81. The molecule has 0 bridgehead atoms. The second-order valence-electron chi connectivity index (χ2n) is 1.62. The Balaban J connectivity index is 0. The van der Waals surface area contributed by atoms with Gasteiger partial charge in [0.25, 0.3) is 0 Å². The third kappa shape index (κ3) is 17.6. The van der Waals surface area contributed by atoms with Crippen LogP contribution in [-0.4, -0.2) is 27.7 Å². The minimum Gasteiger partial charge on any atom is -0.474 e. The number of hydrogen-bond acceptors (Lipinski definition) is 4. The number of hydrogen-bond donors (Lipinski definition) is 3. The van der Waals surface area contributed by atoms with Crippen molar-refractivity contribution < 1.29 is 20.1 Å². The van der Waals surface area contributed by atoms with Gasteiger partial charge in [-0.2, -0.15) is 0 Å². The SMILES string of the molecule is C=COC=C.CC(O)C(O)O. The maximum absolute atomic E-state index is 8.13. The second-order valence-corrected chi connectivity index (χ2v) is 1.62. The number of aliphatic hydroxyl groups excluding tert-OH is 2. The summed E-state index contributed by atoms with van der Waals surface area (Å²) in [6.07, 6.45) is -0.00463. The fraction of sp³-hybridized carbons (Fsp3) is 0.429. The molecule has 0 fully saturated rings. The highest BCUT2D eigenvalue weighted by molar-refractivity contribution is 4.57. The van der Waals surface area contributed by atoms with Crippen LogP contribution >= 0.6 is 0 Å². The van der Waals surface area contributed by atoms with E-state index in [4.69, 9.17) is 15.3 Å². The molecular weight excluding hydrogens is 148 g/mol. The lowest BCUT2D eigenvalue weighted by atomic mass is 10.4. The van der Waals surface area contributed by atoms with E-state index in [9.17, 15) is 0 Å². The quantitative estimate of drug-likeness (QED) is 0.402. The molecule has 0 radical (unpaired) electrons. The maximum atomic E-state index is 8.13. The molecule has 0 aliphatic heterocycles. The summed E-state index contributed by atoms with van der Waals surface area (Å²) in [5, 5.41) is 24.0. The van der Waals surface area contributed by atoms with Crippen molar-refractivity contribution in [1.29, 1.82) is 0 Å². The van der Waals surface area contributed by atoms with Crippen LogP contribution in [0.5, 0.6) is 0 Å². The molecule has 0 saturated heterocycles. The molecule has 0 heterocycles. The first kappa shape index (κ1) is 12.8. The van der Waals surface area contributed by atoms with Gasteiger partial charge in [0.15, 0.2) is 6.29 Å². The molecule has 0 rings (SSSR count). The largest absolute Gasteiger partial charge is 0.474 e. The van der Waals surface area contributed by atoms with Crippen LogP contribution in [0.3, 0.4) is 0 Å². The molecule has 1 atom stereocenters. The van der Waals surface area contributed by atoms with E-state index in [1.54, 1.807) is 0 Å². The Kier molecular flexibility index (Phi) is 10.7. The Morgan fingerprint density at radius 1 is 1.18 bits per heavy atom. The van der Waals surface area contributed by atoms with Crippen molar-refractivity contribution in [2.24, 2.45) is 0 Å². The average Bonchev–Trinajstić information content (AvgIpc) is 1.90. The maximum Gasteiger partial charge on any atom is 0.177 e. The normalized spacial score (nSPS) is 11.0. The molecule has 0 aromatic heterocycles. The minimum absolute atomic E-state index is 1.04. The second kappa shape index (κ2) is 9.16. The van der Waals surface area contributed by atoms with Gasteiger partial charge in [0.05, 0.1) is 12.5 Å². The van der Waals surface area contributed by atoms with Crippen LogP contribution in [0.15, 0.2) is 25.7 Å². The molecule has 66 valence electrons. The van der Waals surface area contributed by atoms with E-state index in [-0.39, 0.29) is 0 Å². The summed E-state index contributed by atoms with van der Waals surface area (Å²) in [6, 6.07) is 0. The summed E-state index contributed by atoms with van der Waals surface area (Å²) in [5.74, 6) is 0. The fourth-order valence-corrected chi connectivity index (χ4v) is 0.0680. The Morgan fingerprint density at radius 3 is 1.45 bits per heavy atom. The monoisotopic (exact) mass is 162 g/mol. The van der Waals surface area contributed by atoms with E-state index in [1.807, 2.05) is 0 Å². The van der Waals surface area contributed by atoms with Gasteiger partial charge in [0.2, 0.25) is 0 Å². The van der Waals surface area contributed by atoms with Gasteiger partial charge in [0, 0.05) is 0 Å². The molecule has 11 heavy (non-hydrogen) atoms. The van der Waals surface area contributed by atoms with E-state index >= 15 is 0 Å². The van der Waals surface area contributed by atoms with Crippen molar-refractivity contribution in [2.45, 2.75) is 19.3 Å². The van der Waals surface area contributed by atoms with Gasteiger partial charge < -0.3 is 20.1 Å². The first-order chi connectivity index (χ1) is 5.06. The van der Waals surface area contributed by atoms with Gasteiger partial charge in [-0.1, -0.05) is 13.2 Å². The minimum atomic E-state index is -1.59. The summed E-state index contributed by atoms with van der Waals surface area (Å²) < 4.78 is 4.36. The standard InChI is InChI=1S/C4H6O.C3H8O3/c1-3-5-4-2;1-2(4)3(5)6/h3-4H,1-2H2;2-6H,1H3. The van der Waals surface area contributed by atoms with Crippen molar-refractivity contribution in [3.8, 4) is 0 Å². The highest BCUT2D eigenvalue weighted by atomic mass is 16.5. The molecule has 0 aliphatic carbocycles. The van der Waals surface area contributed by atoms with Crippen LogP contribution in [0.2, 0.25) is 0 Å². The fourth-order valence-electron chi connectivity index (χ4n) is 0.0680. The molecule has 0 saturated carbocycles. The molecule has 0 amide bonds. The van der Waals surface area contributed by atoms with E-state index < -0.39 is 12.4 Å². The predicted molar refractivity (Wildman–Crippen MR) is 41.4 cm³/mol. The van der Waals surface area contributed by atoms with Crippen molar-refractivity contribution in [3.05, 3.63) is 25.7 Å². The Bertz CT molecular complexity index is 86.6. The van der Waals surface area contributed by atoms with E-state index in [2.05, 4.69) is 17.9 Å². The van der Waals surface area contributed by atoms with Gasteiger partial charge in [-0.15, -0.1) is 0 Å². The summed E-state index contributed by atoms with van der Waals surface area (Å²) in [5.41, 5.74) is 0. The number of rotatable bonds is 3. The van der Waals surface area contributed by atoms with E-state index in [1.165, 1.54) is 19.4 Å². The molecule has 0 aromatic carbocycles. The summed E-state index contributed by atoms with van der Waals surface area (Å²) in [4.78, 5) is 0. The van der Waals surface area contributed by atoms with Gasteiger partial charge >= 0.3 is 0 Å². The van der Waals surface area contributed by atoms with Gasteiger partial charge in [-0.05, 0) is 6.92 Å². The lowest BCUT2D eigenvalue weighted by Gasteiger charge is -2.02. The predicted octanol–water partition coefficient (Wildman–Crippen LogP) is -0.0321. The Labute approximate surface area is 66.1 Å². The molecule has 4 nitrogen and oxygen atoms in total. The zero-order valence-electron chi connectivity index (χ0n) is 6.47. The first-order valence-corrected chi connectivity index (χ1v) is 2.97. The van der Waals surface area contributed by atoms with Crippen molar-refractivity contribution >= 4 is 0 Å². The summed E-state index contributed by atoms with van der Waals surface area (Å²) in [7, 11) is 0. The molecule has 3 N–H and O–H groups in total. The number of aliphatic hydroxyl groups is 3. The molecule has 0 aliphatic rings. The lowest BCUT2D eigenvalue weighted by molar-refractivity contribution is -0.114. The number of ether oxygens (including phenoxy) is 1. The molecule has 4 heteroatoms. The average molecular weight is 162 g/mol. The lowest BCUT2D eigenvalue weighted by Crippen LogP contribution is -2.20. The first-order valence-electron chi connectivity index (χ1n) is 2.97. The summed E-state index contributed by atoms with van der Waals surface area (Å²) >= 11 is 0. The van der Waals surface area contributed by atoms with E-state index in [0.717, 1.165) is 0 Å². The van der Waals surface area contributed by atoms with Crippen LogP contribution in [0, 0.1) is 0 Å². The van der Waals surface area contributed by atoms with Crippen LogP contribution in [0.25, 0.3) is 0 Å². The zero-order valence-corrected chi connectivity index (χ0v) is 6.47. The van der Waals surface area contributed by atoms with Gasteiger partial charge in [-0.3, -0.25) is 0 Å². The topological polar surface area (TPSA) is 69.9 Å². The van der Waals surface area contributed by atoms with Crippen LogP contribution < -0.4 is 0 Å². The Hall–Kier alpha value is -0.840. The third-order valence-electron chi connectivity index (χ3n) is 0.624. The van der Waals surface area contributed by atoms with Crippen molar-refractivity contribution in [1.82, 2.24) is 0 Å². The molecular formula is C7H14O4.